The molecule has 2 aliphatic rings. The Morgan fingerprint density at radius 2 is 1.89 bits per heavy atom. The summed E-state index contributed by atoms with van der Waals surface area (Å²) in [6.07, 6.45) is 8.94. The van der Waals surface area contributed by atoms with Crippen molar-refractivity contribution in [2.45, 2.75) is 63.6 Å². The number of hydrogen-bond acceptors (Lipinski definition) is 3. The predicted molar refractivity (Wildman–Crippen MR) is 66.3 cm³/mol. The molecular formula is C14H22O4. The van der Waals surface area contributed by atoms with Crippen LogP contribution in [0.1, 0.15) is 51.4 Å². The molecule has 102 valence electrons. The van der Waals surface area contributed by atoms with Gasteiger partial charge >= 0.3 is 5.97 Å². The van der Waals surface area contributed by atoms with E-state index in [0.29, 0.717) is 12.0 Å². The van der Waals surface area contributed by atoms with E-state index in [0.717, 1.165) is 51.2 Å². The number of carbonyl (C=O) groups is 2. The number of carboxylic acid groups (broad SMARTS) is 1. The Morgan fingerprint density at radius 1 is 1.17 bits per heavy atom. The van der Waals surface area contributed by atoms with Gasteiger partial charge in [-0.05, 0) is 31.6 Å². The lowest BCUT2D eigenvalue weighted by molar-refractivity contribution is -0.137. The Balaban J connectivity index is 1.61. The van der Waals surface area contributed by atoms with Gasteiger partial charge in [-0.1, -0.05) is 19.3 Å². The van der Waals surface area contributed by atoms with E-state index in [9.17, 15) is 9.59 Å². The summed E-state index contributed by atoms with van der Waals surface area (Å²) in [7, 11) is 0. The maximum atomic E-state index is 11.1. The highest BCUT2D eigenvalue weighted by molar-refractivity contribution is 5.66. The minimum Gasteiger partial charge on any atom is -0.481 e. The number of rotatable bonds is 8. The van der Waals surface area contributed by atoms with Crippen LogP contribution in [0.15, 0.2) is 0 Å². The Hall–Kier alpha value is -0.900. The molecule has 4 heteroatoms. The van der Waals surface area contributed by atoms with Crippen molar-refractivity contribution in [1.82, 2.24) is 0 Å². The van der Waals surface area contributed by atoms with Gasteiger partial charge < -0.3 is 14.6 Å². The largest absolute Gasteiger partial charge is 0.481 e. The van der Waals surface area contributed by atoms with Crippen LogP contribution in [0.25, 0.3) is 0 Å². The van der Waals surface area contributed by atoms with Crippen LogP contribution in [0.4, 0.5) is 0 Å². The van der Waals surface area contributed by atoms with Crippen LogP contribution in [0.2, 0.25) is 0 Å². The maximum Gasteiger partial charge on any atom is 0.303 e. The van der Waals surface area contributed by atoms with E-state index in [4.69, 9.17) is 9.84 Å². The monoisotopic (exact) mass is 254 g/mol. The average Bonchev–Trinajstić information content (AvgIpc) is 2.93. The van der Waals surface area contributed by atoms with Gasteiger partial charge in [-0.2, -0.15) is 0 Å². The van der Waals surface area contributed by atoms with E-state index in [1.807, 2.05) is 0 Å². The molecule has 2 fully saturated rings. The van der Waals surface area contributed by atoms with E-state index < -0.39 is 5.97 Å². The fraction of sp³-hybridized carbons (Fsp3) is 0.857. The van der Waals surface area contributed by atoms with Gasteiger partial charge in [-0.25, -0.2) is 0 Å². The van der Waals surface area contributed by atoms with Crippen LogP contribution in [-0.4, -0.2) is 29.6 Å². The fourth-order valence-electron chi connectivity index (χ4n) is 3.39. The lowest BCUT2D eigenvalue weighted by atomic mass is 9.77. The van der Waals surface area contributed by atoms with Crippen LogP contribution in [0, 0.1) is 11.8 Å². The second-order valence-electron chi connectivity index (χ2n) is 5.51. The molecule has 1 N–H and O–H groups in total. The molecule has 2 heterocycles. The van der Waals surface area contributed by atoms with Crippen molar-refractivity contribution >= 4 is 12.3 Å². The smallest absolute Gasteiger partial charge is 0.303 e. The van der Waals surface area contributed by atoms with Gasteiger partial charge in [0.05, 0.1) is 12.2 Å². The molecule has 0 aromatic rings. The zero-order valence-electron chi connectivity index (χ0n) is 10.7. The van der Waals surface area contributed by atoms with Crippen molar-refractivity contribution in [2.75, 3.05) is 0 Å². The Morgan fingerprint density at radius 3 is 2.61 bits per heavy atom. The third-order valence-corrected chi connectivity index (χ3v) is 4.32. The number of carbonyl (C=O) groups excluding carboxylic acids is 1. The molecule has 4 nitrogen and oxygen atoms in total. The quantitative estimate of drug-likeness (QED) is 0.533. The van der Waals surface area contributed by atoms with E-state index >= 15 is 0 Å². The molecule has 4 atom stereocenters. The lowest BCUT2D eigenvalue weighted by Crippen LogP contribution is -2.28. The molecule has 0 spiro atoms. The molecular weight excluding hydrogens is 232 g/mol. The maximum absolute atomic E-state index is 11.1. The topological polar surface area (TPSA) is 63.6 Å². The van der Waals surface area contributed by atoms with Crippen molar-refractivity contribution in [1.29, 1.82) is 0 Å². The van der Waals surface area contributed by atoms with Crippen LogP contribution in [0.5, 0.6) is 0 Å². The van der Waals surface area contributed by atoms with Crippen LogP contribution < -0.4 is 0 Å². The van der Waals surface area contributed by atoms with Crippen molar-refractivity contribution in [2.24, 2.45) is 11.8 Å². The van der Waals surface area contributed by atoms with Gasteiger partial charge in [0.1, 0.15) is 6.29 Å². The van der Waals surface area contributed by atoms with Gasteiger partial charge in [0.25, 0.3) is 0 Å². The number of aldehydes is 1. The molecule has 0 radical (unpaired) electrons. The number of ether oxygens (including phenoxy) is 1. The second kappa shape index (κ2) is 6.32. The zero-order chi connectivity index (χ0) is 13.0. The molecule has 0 aromatic heterocycles. The van der Waals surface area contributed by atoms with Crippen LogP contribution in [0.3, 0.4) is 0 Å². The minimum absolute atomic E-state index is 0.114. The highest BCUT2D eigenvalue weighted by Gasteiger charge is 2.48. The fourth-order valence-corrected chi connectivity index (χ4v) is 3.39. The van der Waals surface area contributed by atoms with Crippen molar-refractivity contribution in [3.8, 4) is 0 Å². The summed E-state index contributed by atoms with van der Waals surface area (Å²) in [5.41, 5.74) is 0. The summed E-state index contributed by atoms with van der Waals surface area (Å²) in [6.45, 7) is 0. The first-order valence-electron chi connectivity index (χ1n) is 7.05. The summed E-state index contributed by atoms with van der Waals surface area (Å²) in [5, 5.41) is 8.53. The number of hydrogen-bond donors (Lipinski definition) is 1. The van der Waals surface area contributed by atoms with Crippen molar-refractivity contribution < 1.29 is 19.4 Å². The molecule has 0 aromatic carbocycles. The number of aliphatic carboxylic acids is 1. The number of unbranched alkanes of at least 4 members (excludes halogenated alkanes) is 3. The first kappa shape index (κ1) is 13.5. The molecule has 2 bridgehead atoms. The second-order valence-corrected chi connectivity index (χ2v) is 5.51. The predicted octanol–water partition coefficient (Wildman–Crippen LogP) is 2.40. The SMILES string of the molecule is O=C[C@H]1[C@@H](CCCCCCC(=O)O)[C@@H]2CC[C@H]1O2. The number of fused-ring (bicyclic) bond motifs is 2. The molecule has 0 saturated carbocycles. The summed E-state index contributed by atoms with van der Waals surface area (Å²) < 4.78 is 5.79. The third-order valence-electron chi connectivity index (χ3n) is 4.32. The van der Waals surface area contributed by atoms with E-state index in [1.165, 1.54) is 0 Å². The minimum atomic E-state index is -0.711. The average molecular weight is 254 g/mol. The summed E-state index contributed by atoms with van der Waals surface area (Å²) in [5.74, 6) is -0.180. The Labute approximate surface area is 108 Å². The molecule has 2 saturated heterocycles. The van der Waals surface area contributed by atoms with Gasteiger partial charge in [0, 0.05) is 12.3 Å². The van der Waals surface area contributed by atoms with Gasteiger partial charge in [-0.15, -0.1) is 0 Å². The Kier molecular flexibility index (Phi) is 4.75. The highest BCUT2D eigenvalue weighted by Crippen LogP contribution is 2.44. The molecule has 0 unspecified atom stereocenters. The van der Waals surface area contributed by atoms with Crippen molar-refractivity contribution in [3.63, 3.8) is 0 Å². The lowest BCUT2D eigenvalue weighted by Gasteiger charge is -2.23. The van der Waals surface area contributed by atoms with Crippen LogP contribution >= 0.6 is 0 Å². The normalized spacial score (nSPS) is 33.8. The number of carboxylic acids is 1. The first-order valence-corrected chi connectivity index (χ1v) is 7.05. The molecule has 18 heavy (non-hydrogen) atoms. The standard InChI is InChI=1S/C14H22O4/c15-9-11-10(12-7-8-13(11)18-12)5-3-1-2-4-6-14(16)17/h9-13H,1-8H2,(H,16,17)/t10-,11+,12+,13-/m1/s1. The van der Waals surface area contributed by atoms with Gasteiger partial charge in [-0.3, -0.25) is 4.79 Å². The van der Waals surface area contributed by atoms with Gasteiger partial charge in [0.2, 0.25) is 0 Å². The van der Waals surface area contributed by atoms with E-state index in [-0.39, 0.29) is 18.4 Å². The molecule has 2 aliphatic heterocycles. The molecule has 0 aliphatic carbocycles. The van der Waals surface area contributed by atoms with Crippen LogP contribution in [-0.2, 0) is 14.3 Å². The highest BCUT2D eigenvalue weighted by atomic mass is 16.5. The zero-order valence-corrected chi connectivity index (χ0v) is 10.7. The third kappa shape index (κ3) is 3.10. The van der Waals surface area contributed by atoms with Gasteiger partial charge in [0.15, 0.2) is 0 Å². The van der Waals surface area contributed by atoms with E-state index in [2.05, 4.69) is 0 Å². The van der Waals surface area contributed by atoms with Crippen molar-refractivity contribution in [3.05, 3.63) is 0 Å². The molecule has 0 amide bonds. The van der Waals surface area contributed by atoms with E-state index in [1.54, 1.807) is 0 Å². The summed E-state index contributed by atoms with van der Waals surface area (Å²) in [4.78, 5) is 21.4. The summed E-state index contributed by atoms with van der Waals surface area (Å²) >= 11 is 0. The summed E-state index contributed by atoms with van der Waals surface area (Å²) in [6, 6.07) is 0. The molecule has 2 rings (SSSR count). The first-order chi connectivity index (χ1) is 8.72. The Bertz CT molecular complexity index is 302.